The van der Waals surface area contributed by atoms with Crippen molar-refractivity contribution in [1.82, 2.24) is 0 Å². The first-order valence-electron chi connectivity index (χ1n) is 6.09. The van der Waals surface area contributed by atoms with Crippen molar-refractivity contribution in [2.75, 3.05) is 0 Å². The molecule has 88 valence electrons. The number of aryl methyl sites for hydroxylation is 1. The van der Waals surface area contributed by atoms with E-state index in [-0.39, 0.29) is 5.54 Å². The third kappa shape index (κ3) is 2.27. The Balaban J connectivity index is 1.82. The van der Waals surface area contributed by atoms with Gasteiger partial charge in [-0.1, -0.05) is 29.8 Å². The molecule has 17 heavy (non-hydrogen) atoms. The summed E-state index contributed by atoms with van der Waals surface area (Å²) in [6.45, 7) is 2.09. The van der Waals surface area contributed by atoms with Gasteiger partial charge in [0.1, 0.15) is 11.5 Å². The van der Waals surface area contributed by atoms with E-state index in [1.807, 2.05) is 12.1 Å². The van der Waals surface area contributed by atoms with Crippen LogP contribution >= 0.6 is 0 Å². The van der Waals surface area contributed by atoms with Crippen molar-refractivity contribution in [2.24, 2.45) is 5.73 Å². The van der Waals surface area contributed by atoms with Gasteiger partial charge >= 0.3 is 0 Å². The maximum Gasteiger partial charge on any atom is 0.134 e. The van der Waals surface area contributed by atoms with E-state index in [0.29, 0.717) is 0 Å². The van der Waals surface area contributed by atoms with Crippen molar-refractivity contribution in [3.8, 4) is 11.3 Å². The van der Waals surface area contributed by atoms with Crippen molar-refractivity contribution >= 4 is 0 Å². The summed E-state index contributed by atoms with van der Waals surface area (Å²) >= 11 is 0. The zero-order chi connectivity index (χ0) is 11.9. The molecule has 1 saturated carbocycles. The molecule has 0 amide bonds. The van der Waals surface area contributed by atoms with Crippen LogP contribution in [0.2, 0.25) is 0 Å². The van der Waals surface area contributed by atoms with Crippen LogP contribution < -0.4 is 5.73 Å². The maximum absolute atomic E-state index is 6.09. The number of furan rings is 1. The molecule has 2 nitrogen and oxygen atoms in total. The molecule has 0 unspecified atom stereocenters. The highest BCUT2D eigenvalue weighted by Crippen LogP contribution is 2.36. The van der Waals surface area contributed by atoms with Crippen LogP contribution in [0.4, 0.5) is 0 Å². The molecule has 2 N–H and O–H groups in total. The molecule has 2 heteroatoms. The van der Waals surface area contributed by atoms with Crippen molar-refractivity contribution < 1.29 is 4.42 Å². The molecule has 1 fully saturated rings. The summed E-state index contributed by atoms with van der Waals surface area (Å²) in [7, 11) is 0. The average Bonchev–Trinajstić information content (AvgIpc) is 2.86. The minimum atomic E-state index is 0.0163. The maximum atomic E-state index is 6.09. The summed E-state index contributed by atoms with van der Waals surface area (Å²) < 4.78 is 5.85. The average molecular weight is 227 g/mol. The number of hydrogen-bond donors (Lipinski definition) is 1. The quantitative estimate of drug-likeness (QED) is 0.873. The molecule has 0 aliphatic heterocycles. The van der Waals surface area contributed by atoms with Crippen molar-refractivity contribution in [3.63, 3.8) is 0 Å². The van der Waals surface area contributed by atoms with Gasteiger partial charge in [0.15, 0.2) is 0 Å². The van der Waals surface area contributed by atoms with Gasteiger partial charge in [-0.15, -0.1) is 0 Å². The SMILES string of the molecule is Cc1ccc(-c2ccc(CC3(N)CC3)o2)cc1. The second-order valence-corrected chi connectivity index (χ2v) is 5.17. The molecule has 1 heterocycles. The first kappa shape index (κ1) is 10.6. The first-order valence-corrected chi connectivity index (χ1v) is 6.09. The van der Waals surface area contributed by atoms with Gasteiger partial charge in [-0.2, -0.15) is 0 Å². The summed E-state index contributed by atoms with van der Waals surface area (Å²) in [5, 5.41) is 0. The lowest BCUT2D eigenvalue weighted by Gasteiger charge is -2.04. The minimum Gasteiger partial charge on any atom is -0.461 e. The third-order valence-corrected chi connectivity index (χ3v) is 3.42. The van der Waals surface area contributed by atoms with Crippen LogP contribution in [0, 0.1) is 6.92 Å². The molecule has 3 rings (SSSR count). The zero-order valence-corrected chi connectivity index (χ0v) is 10.1. The van der Waals surface area contributed by atoms with E-state index >= 15 is 0 Å². The predicted octanol–water partition coefficient (Wildman–Crippen LogP) is 3.29. The first-order chi connectivity index (χ1) is 8.15. The Bertz CT molecular complexity index is 520. The minimum absolute atomic E-state index is 0.0163. The van der Waals surface area contributed by atoms with Gasteiger partial charge in [0.05, 0.1) is 0 Å². The van der Waals surface area contributed by atoms with Crippen LogP contribution in [-0.4, -0.2) is 5.54 Å². The van der Waals surface area contributed by atoms with E-state index < -0.39 is 0 Å². The van der Waals surface area contributed by atoms with Crippen LogP contribution in [0.1, 0.15) is 24.2 Å². The fourth-order valence-electron chi connectivity index (χ4n) is 2.03. The summed E-state index contributed by atoms with van der Waals surface area (Å²) in [5.41, 5.74) is 8.49. The molecular formula is C15H17NO. The monoisotopic (exact) mass is 227 g/mol. The lowest BCUT2D eigenvalue weighted by molar-refractivity contribution is 0.489. The fraction of sp³-hybridized carbons (Fsp3) is 0.333. The number of nitrogens with two attached hydrogens (primary N) is 1. The Labute approximate surface area is 101 Å². The van der Waals surface area contributed by atoms with Gasteiger partial charge in [0, 0.05) is 17.5 Å². The fourth-order valence-corrected chi connectivity index (χ4v) is 2.03. The normalized spacial score (nSPS) is 17.1. The van der Waals surface area contributed by atoms with E-state index in [2.05, 4.69) is 31.2 Å². The van der Waals surface area contributed by atoms with E-state index in [9.17, 15) is 0 Å². The van der Waals surface area contributed by atoms with Gasteiger partial charge in [0.2, 0.25) is 0 Å². The molecular weight excluding hydrogens is 210 g/mol. The molecule has 1 aliphatic carbocycles. The van der Waals surface area contributed by atoms with Gasteiger partial charge in [-0.25, -0.2) is 0 Å². The zero-order valence-electron chi connectivity index (χ0n) is 10.1. The van der Waals surface area contributed by atoms with Gasteiger partial charge in [-0.3, -0.25) is 0 Å². The Morgan fingerprint density at radius 3 is 2.47 bits per heavy atom. The molecule has 0 bridgehead atoms. The lowest BCUT2D eigenvalue weighted by atomic mass is 10.1. The second kappa shape index (κ2) is 3.74. The van der Waals surface area contributed by atoms with Crippen molar-refractivity contribution in [1.29, 1.82) is 0 Å². The van der Waals surface area contributed by atoms with Crippen molar-refractivity contribution in [2.45, 2.75) is 31.7 Å². The molecule has 0 atom stereocenters. The Hall–Kier alpha value is -1.54. The standard InChI is InChI=1S/C15H17NO/c1-11-2-4-12(5-3-11)14-7-6-13(17-14)10-15(16)8-9-15/h2-7H,8-10,16H2,1H3. The lowest BCUT2D eigenvalue weighted by Crippen LogP contribution is -2.24. The molecule has 0 radical (unpaired) electrons. The predicted molar refractivity (Wildman–Crippen MR) is 68.7 cm³/mol. The second-order valence-electron chi connectivity index (χ2n) is 5.17. The summed E-state index contributed by atoms with van der Waals surface area (Å²) in [4.78, 5) is 0. The topological polar surface area (TPSA) is 39.2 Å². The molecule has 0 spiro atoms. The van der Waals surface area contributed by atoms with E-state index in [1.165, 1.54) is 5.56 Å². The third-order valence-electron chi connectivity index (χ3n) is 3.42. The van der Waals surface area contributed by atoms with Gasteiger partial charge in [-0.05, 0) is 31.9 Å². The molecule has 1 aromatic carbocycles. The van der Waals surface area contributed by atoms with E-state index in [0.717, 1.165) is 36.3 Å². The molecule has 1 aromatic heterocycles. The van der Waals surface area contributed by atoms with Crippen LogP contribution in [0.5, 0.6) is 0 Å². The van der Waals surface area contributed by atoms with Crippen molar-refractivity contribution in [3.05, 3.63) is 47.7 Å². The molecule has 1 aliphatic rings. The number of hydrogen-bond acceptors (Lipinski definition) is 2. The van der Waals surface area contributed by atoms with Gasteiger partial charge in [0.25, 0.3) is 0 Å². The highest BCUT2D eigenvalue weighted by Gasteiger charge is 2.38. The number of rotatable bonds is 3. The number of benzene rings is 1. The van der Waals surface area contributed by atoms with Crippen LogP contribution in [0.15, 0.2) is 40.8 Å². The van der Waals surface area contributed by atoms with E-state index in [4.69, 9.17) is 10.2 Å². The highest BCUT2D eigenvalue weighted by atomic mass is 16.3. The molecule has 2 aromatic rings. The van der Waals surface area contributed by atoms with E-state index in [1.54, 1.807) is 0 Å². The smallest absolute Gasteiger partial charge is 0.134 e. The van der Waals surface area contributed by atoms with Crippen LogP contribution in [-0.2, 0) is 6.42 Å². The molecule has 0 saturated heterocycles. The largest absolute Gasteiger partial charge is 0.461 e. The van der Waals surface area contributed by atoms with Gasteiger partial charge < -0.3 is 10.2 Å². The Morgan fingerprint density at radius 1 is 1.12 bits per heavy atom. The van der Waals surface area contributed by atoms with Crippen LogP contribution in [0.3, 0.4) is 0 Å². The highest BCUT2D eigenvalue weighted by molar-refractivity contribution is 5.57. The summed E-state index contributed by atoms with van der Waals surface area (Å²) in [5.74, 6) is 1.94. The van der Waals surface area contributed by atoms with Crippen LogP contribution in [0.25, 0.3) is 11.3 Å². The Kier molecular flexibility index (Phi) is 2.33. The summed E-state index contributed by atoms with van der Waals surface area (Å²) in [6.07, 6.45) is 3.10. The Morgan fingerprint density at radius 2 is 1.82 bits per heavy atom. The summed E-state index contributed by atoms with van der Waals surface area (Å²) in [6, 6.07) is 12.5.